The van der Waals surface area contributed by atoms with Gasteiger partial charge in [-0.1, -0.05) is 19.0 Å². The summed E-state index contributed by atoms with van der Waals surface area (Å²) in [6.45, 7) is 3.96. The molecule has 0 spiro atoms. The van der Waals surface area contributed by atoms with Gasteiger partial charge in [-0.05, 0) is 11.6 Å². The molecule has 0 aliphatic heterocycles. The summed E-state index contributed by atoms with van der Waals surface area (Å²) in [5, 5.41) is 6.46. The fourth-order valence-corrected chi connectivity index (χ4v) is 1.53. The Morgan fingerprint density at radius 3 is 3.00 bits per heavy atom. The highest BCUT2D eigenvalue weighted by atomic mass is 16.5. The Labute approximate surface area is 98.8 Å². The van der Waals surface area contributed by atoms with Gasteiger partial charge in [-0.15, -0.1) is 0 Å². The third kappa shape index (κ3) is 2.75. The smallest absolute Gasteiger partial charge is 0.229 e. The highest BCUT2D eigenvalue weighted by Crippen LogP contribution is 2.23. The van der Waals surface area contributed by atoms with Crippen molar-refractivity contribution in [3.8, 4) is 0 Å². The zero-order valence-electron chi connectivity index (χ0n) is 9.77. The van der Waals surface area contributed by atoms with E-state index in [0.717, 1.165) is 5.56 Å². The number of carbonyl (C=O) groups excluding carboxylic acids is 1. The number of nitrogens with zero attached hydrogens (tertiary/aromatic N) is 1. The summed E-state index contributed by atoms with van der Waals surface area (Å²) < 4.78 is 9.98. The molecule has 5 heteroatoms. The van der Waals surface area contributed by atoms with Crippen LogP contribution in [0.25, 0.3) is 0 Å². The molecule has 0 aromatic carbocycles. The average Bonchev–Trinajstić information content (AvgIpc) is 2.88. The number of amides is 1. The van der Waals surface area contributed by atoms with Gasteiger partial charge < -0.3 is 14.3 Å². The third-order valence-corrected chi connectivity index (χ3v) is 2.34. The normalized spacial score (nSPS) is 10.8. The molecule has 2 aromatic rings. The van der Waals surface area contributed by atoms with Gasteiger partial charge in [0.15, 0.2) is 5.76 Å². The van der Waals surface area contributed by atoms with E-state index < -0.39 is 0 Å². The van der Waals surface area contributed by atoms with Crippen LogP contribution in [0.2, 0.25) is 0 Å². The molecule has 90 valence electrons. The Kier molecular flexibility index (Phi) is 3.27. The molecule has 0 unspecified atom stereocenters. The Morgan fingerprint density at radius 1 is 1.53 bits per heavy atom. The Bertz CT molecular complexity index is 486. The molecule has 0 saturated heterocycles. The van der Waals surface area contributed by atoms with E-state index in [-0.39, 0.29) is 18.2 Å². The van der Waals surface area contributed by atoms with Crippen molar-refractivity contribution in [1.82, 2.24) is 5.16 Å². The van der Waals surface area contributed by atoms with Gasteiger partial charge in [0.05, 0.1) is 25.1 Å². The Morgan fingerprint density at radius 2 is 2.35 bits per heavy atom. The number of rotatable bonds is 4. The molecule has 0 fully saturated rings. The number of furan rings is 1. The van der Waals surface area contributed by atoms with E-state index in [1.54, 1.807) is 18.6 Å². The van der Waals surface area contributed by atoms with Crippen molar-refractivity contribution in [1.29, 1.82) is 0 Å². The van der Waals surface area contributed by atoms with Crippen LogP contribution in [0.4, 0.5) is 5.69 Å². The lowest BCUT2D eigenvalue weighted by Crippen LogP contribution is -2.14. The van der Waals surface area contributed by atoms with Crippen molar-refractivity contribution in [2.45, 2.75) is 26.2 Å². The van der Waals surface area contributed by atoms with Gasteiger partial charge in [-0.3, -0.25) is 4.79 Å². The molecule has 2 rings (SSSR count). The minimum absolute atomic E-state index is 0.114. The first-order valence-corrected chi connectivity index (χ1v) is 5.42. The maximum atomic E-state index is 11.7. The fourth-order valence-electron chi connectivity index (χ4n) is 1.53. The molecule has 0 saturated carbocycles. The van der Waals surface area contributed by atoms with E-state index in [4.69, 9.17) is 8.94 Å². The van der Waals surface area contributed by atoms with Gasteiger partial charge in [0.1, 0.15) is 5.69 Å². The molecule has 1 amide bonds. The molecular formula is C12H14N2O3. The van der Waals surface area contributed by atoms with E-state index in [0.29, 0.717) is 11.4 Å². The van der Waals surface area contributed by atoms with E-state index >= 15 is 0 Å². The van der Waals surface area contributed by atoms with Crippen LogP contribution in [0, 0.1) is 0 Å². The quantitative estimate of drug-likeness (QED) is 0.882. The van der Waals surface area contributed by atoms with Crippen LogP contribution < -0.4 is 5.32 Å². The number of hydrogen-bond donors (Lipinski definition) is 1. The predicted molar refractivity (Wildman–Crippen MR) is 61.6 cm³/mol. The lowest BCUT2D eigenvalue weighted by atomic mass is 10.1. The molecule has 17 heavy (non-hydrogen) atoms. The predicted octanol–water partition coefficient (Wildman–Crippen LogP) is 2.57. The van der Waals surface area contributed by atoms with Crippen molar-refractivity contribution >= 4 is 11.6 Å². The molecule has 0 atom stereocenters. The maximum Gasteiger partial charge on any atom is 0.229 e. The summed E-state index contributed by atoms with van der Waals surface area (Å²) in [7, 11) is 0. The first kappa shape index (κ1) is 11.4. The molecule has 0 radical (unpaired) electrons. The van der Waals surface area contributed by atoms with E-state index in [1.807, 2.05) is 13.8 Å². The van der Waals surface area contributed by atoms with Crippen molar-refractivity contribution in [3.63, 3.8) is 0 Å². The standard InChI is InChI=1S/C12H14N2O3/c1-8(2)12-10(6-13-17-12)14-11(15)5-9-3-4-16-7-9/h3-4,6-8H,5H2,1-2H3,(H,14,15). The lowest BCUT2D eigenvalue weighted by molar-refractivity contribution is -0.115. The minimum Gasteiger partial charge on any atom is -0.472 e. The summed E-state index contributed by atoms with van der Waals surface area (Å²) in [4.78, 5) is 11.7. The third-order valence-electron chi connectivity index (χ3n) is 2.34. The number of carbonyl (C=O) groups is 1. The fraction of sp³-hybridized carbons (Fsp3) is 0.333. The second-order valence-corrected chi connectivity index (χ2v) is 4.11. The molecule has 1 N–H and O–H groups in total. The molecule has 2 heterocycles. The molecule has 0 aliphatic rings. The molecule has 0 bridgehead atoms. The number of nitrogens with one attached hydrogen (secondary N) is 1. The topological polar surface area (TPSA) is 68.3 Å². The van der Waals surface area contributed by atoms with Gasteiger partial charge in [-0.2, -0.15) is 0 Å². The van der Waals surface area contributed by atoms with Gasteiger partial charge in [0.2, 0.25) is 5.91 Å². The van der Waals surface area contributed by atoms with E-state index in [1.165, 1.54) is 6.20 Å². The number of hydrogen-bond acceptors (Lipinski definition) is 4. The monoisotopic (exact) mass is 234 g/mol. The van der Waals surface area contributed by atoms with E-state index in [2.05, 4.69) is 10.5 Å². The molecule has 0 aliphatic carbocycles. The summed E-state index contributed by atoms with van der Waals surface area (Å²) >= 11 is 0. The average molecular weight is 234 g/mol. The molecule has 2 aromatic heterocycles. The van der Waals surface area contributed by atoms with Crippen LogP contribution in [-0.2, 0) is 11.2 Å². The second-order valence-electron chi connectivity index (χ2n) is 4.11. The SMILES string of the molecule is CC(C)c1oncc1NC(=O)Cc1ccoc1. The van der Waals surface area contributed by atoms with Crippen molar-refractivity contribution in [3.05, 3.63) is 36.1 Å². The zero-order valence-corrected chi connectivity index (χ0v) is 9.77. The van der Waals surface area contributed by atoms with Gasteiger partial charge in [0.25, 0.3) is 0 Å². The van der Waals surface area contributed by atoms with Crippen LogP contribution in [0.3, 0.4) is 0 Å². The van der Waals surface area contributed by atoms with Crippen LogP contribution in [0.5, 0.6) is 0 Å². The summed E-state index contributed by atoms with van der Waals surface area (Å²) in [5.41, 5.74) is 1.47. The number of aromatic nitrogens is 1. The Balaban J connectivity index is 2.01. The number of anilines is 1. The first-order chi connectivity index (χ1) is 8.16. The summed E-state index contributed by atoms with van der Waals surface area (Å²) in [6.07, 6.45) is 4.89. The Hall–Kier alpha value is -2.04. The van der Waals surface area contributed by atoms with Crippen LogP contribution in [0.15, 0.2) is 33.7 Å². The molecule has 5 nitrogen and oxygen atoms in total. The van der Waals surface area contributed by atoms with Crippen LogP contribution >= 0.6 is 0 Å². The zero-order chi connectivity index (χ0) is 12.3. The minimum atomic E-state index is -0.114. The maximum absolute atomic E-state index is 11.7. The van der Waals surface area contributed by atoms with Crippen molar-refractivity contribution < 1.29 is 13.7 Å². The summed E-state index contributed by atoms with van der Waals surface area (Å²) in [5.74, 6) is 0.753. The second kappa shape index (κ2) is 4.86. The van der Waals surface area contributed by atoms with E-state index in [9.17, 15) is 4.79 Å². The van der Waals surface area contributed by atoms with Gasteiger partial charge in [-0.25, -0.2) is 0 Å². The molecular weight excluding hydrogens is 220 g/mol. The highest BCUT2D eigenvalue weighted by Gasteiger charge is 2.14. The lowest BCUT2D eigenvalue weighted by Gasteiger charge is -2.05. The van der Waals surface area contributed by atoms with Gasteiger partial charge >= 0.3 is 0 Å². The van der Waals surface area contributed by atoms with Crippen LogP contribution in [0.1, 0.15) is 31.1 Å². The highest BCUT2D eigenvalue weighted by molar-refractivity contribution is 5.92. The summed E-state index contributed by atoms with van der Waals surface area (Å²) in [6, 6.07) is 1.76. The van der Waals surface area contributed by atoms with Crippen molar-refractivity contribution in [2.75, 3.05) is 5.32 Å². The van der Waals surface area contributed by atoms with Gasteiger partial charge in [0, 0.05) is 5.92 Å². The first-order valence-electron chi connectivity index (χ1n) is 5.42. The largest absolute Gasteiger partial charge is 0.472 e. The van der Waals surface area contributed by atoms with Crippen molar-refractivity contribution in [2.24, 2.45) is 0 Å². The van der Waals surface area contributed by atoms with Crippen LogP contribution in [-0.4, -0.2) is 11.1 Å².